The molecule has 1 aliphatic heterocycles. The zero-order valence-corrected chi connectivity index (χ0v) is 10.7. The fraction of sp³-hybridized carbons (Fsp3) is 0.500. The standard InChI is InChI=1S/C14H19FN2O/c1-2-7-16-13(11-5-4-9-18-10-11)14-12(15)6-3-8-17-14/h3,6,8,10,13,16H,2,4-5,7,9H2,1H3. The van der Waals surface area contributed by atoms with Crippen molar-refractivity contribution in [1.82, 2.24) is 10.3 Å². The number of nitrogens with zero attached hydrogens (tertiary/aromatic N) is 1. The van der Waals surface area contributed by atoms with Gasteiger partial charge in [0.2, 0.25) is 0 Å². The smallest absolute Gasteiger partial charge is 0.146 e. The van der Waals surface area contributed by atoms with Crippen LogP contribution in [0.25, 0.3) is 0 Å². The van der Waals surface area contributed by atoms with Crippen LogP contribution in [-0.2, 0) is 4.74 Å². The molecule has 4 heteroatoms. The number of ether oxygens (including phenoxy) is 1. The van der Waals surface area contributed by atoms with E-state index in [1.54, 1.807) is 18.5 Å². The normalized spacial score (nSPS) is 16.9. The van der Waals surface area contributed by atoms with Crippen molar-refractivity contribution in [3.63, 3.8) is 0 Å². The van der Waals surface area contributed by atoms with Gasteiger partial charge >= 0.3 is 0 Å². The predicted molar refractivity (Wildman–Crippen MR) is 68.5 cm³/mol. The number of halogens is 1. The second-order valence-electron chi connectivity index (χ2n) is 4.42. The lowest BCUT2D eigenvalue weighted by Crippen LogP contribution is -2.27. The number of hydrogen-bond acceptors (Lipinski definition) is 3. The summed E-state index contributed by atoms with van der Waals surface area (Å²) in [5.41, 5.74) is 1.54. The largest absolute Gasteiger partial charge is 0.501 e. The van der Waals surface area contributed by atoms with Crippen LogP contribution in [0.2, 0.25) is 0 Å². The summed E-state index contributed by atoms with van der Waals surface area (Å²) in [4.78, 5) is 4.17. The van der Waals surface area contributed by atoms with Gasteiger partial charge in [-0.15, -0.1) is 0 Å². The monoisotopic (exact) mass is 250 g/mol. The topological polar surface area (TPSA) is 34.1 Å². The van der Waals surface area contributed by atoms with E-state index in [0.29, 0.717) is 5.69 Å². The van der Waals surface area contributed by atoms with E-state index < -0.39 is 0 Å². The van der Waals surface area contributed by atoms with E-state index in [9.17, 15) is 4.39 Å². The number of hydrogen-bond donors (Lipinski definition) is 1. The van der Waals surface area contributed by atoms with Crippen molar-refractivity contribution in [2.24, 2.45) is 0 Å². The number of rotatable bonds is 5. The lowest BCUT2D eigenvalue weighted by molar-refractivity contribution is 0.219. The Balaban J connectivity index is 2.24. The molecule has 0 saturated carbocycles. The van der Waals surface area contributed by atoms with Crippen molar-refractivity contribution >= 4 is 0 Å². The number of nitrogens with one attached hydrogen (secondary N) is 1. The van der Waals surface area contributed by atoms with Gasteiger partial charge in [0.25, 0.3) is 0 Å². The Hall–Kier alpha value is -1.42. The summed E-state index contributed by atoms with van der Waals surface area (Å²) in [5, 5.41) is 3.35. The molecule has 0 radical (unpaired) electrons. The van der Waals surface area contributed by atoms with E-state index in [1.807, 2.05) is 0 Å². The molecule has 2 heterocycles. The van der Waals surface area contributed by atoms with Crippen LogP contribution in [0.5, 0.6) is 0 Å². The van der Waals surface area contributed by atoms with Gasteiger partial charge in [-0.25, -0.2) is 4.39 Å². The first-order valence-corrected chi connectivity index (χ1v) is 6.47. The van der Waals surface area contributed by atoms with Gasteiger partial charge in [-0.1, -0.05) is 6.92 Å². The molecule has 0 amide bonds. The molecular weight excluding hydrogens is 231 g/mol. The van der Waals surface area contributed by atoms with Crippen LogP contribution < -0.4 is 5.32 Å². The highest BCUT2D eigenvalue weighted by Crippen LogP contribution is 2.27. The summed E-state index contributed by atoms with van der Waals surface area (Å²) in [5.74, 6) is -0.266. The minimum Gasteiger partial charge on any atom is -0.501 e. The molecule has 1 aliphatic rings. The first kappa shape index (κ1) is 13.0. The van der Waals surface area contributed by atoms with Gasteiger partial charge in [0.1, 0.15) is 5.82 Å². The van der Waals surface area contributed by atoms with E-state index in [0.717, 1.165) is 38.0 Å². The Bertz CT molecular complexity index is 420. The molecule has 0 spiro atoms. The second kappa shape index (κ2) is 6.50. The molecular formula is C14H19FN2O. The quantitative estimate of drug-likeness (QED) is 0.872. The van der Waals surface area contributed by atoms with Gasteiger partial charge in [-0.3, -0.25) is 4.98 Å². The van der Waals surface area contributed by atoms with Crippen molar-refractivity contribution in [3.05, 3.63) is 41.7 Å². The van der Waals surface area contributed by atoms with Crippen LogP contribution in [0.3, 0.4) is 0 Å². The first-order chi connectivity index (χ1) is 8.83. The van der Waals surface area contributed by atoms with E-state index in [2.05, 4.69) is 17.2 Å². The summed E-state index contributed by atoms with van der Waals surface area (Å²) in [6.07, 6.45) is 6.29. The maximum atomic E-state index is 13.9. The van der Waals surface area contributed by atoms with Crippen molar-refractivity contribution in [2.75, 3.05) is 13.2 Å². The molecule has 1 unspecified atom stereocenters. The van der Waals surface area contributed by atoms with Crippen molar-refractivity contribution < 1.29 is 9.13 Å². The van der Waals surface area contributed by atoms with Gasteiger partial charge < -0.3 is 10.1 Å². The van der Waals surface area contributed by atoms with Crippen LogP contribution in [0.15, 0.2) is 30.2 Å². The fourth-order valence-electron chi connectivity index (χ4n) is 2.10. The summed E-state index contributed by atoms with van der Waals surface area (Å²) in [7, 11) is 0. The maximum Gasteiger partial charge on any atom is 0.146 e. The van der Waals surface area contributed by atoms with Gasteiger partial charge in [0, 0.05) is 6.20 Å². The lowest BCUT2D eigenvalue weighted by atomic mass is 9.98. The van der Waals surface area contributed by atoms with Crippen LogP contribution in [-0.4, -0.2) is 18.1 Å². The summed E-state index contributed by atoms with van der Waals surface area (Å²) in [6, 6.07) is 2.89. The van der Waals surface area contributed by atoms with Crippen molar-refractivity contribution in [3.8, 4) is 0 Å². The number of pyridine rings is 1. The average Bonchev–Trinajstić information content (AvgIpc) is 2.42. The average molecular weight is 250 g/mol. The Kier molecular flexibility index (Phi) is 4.70. The zero-order valence-electron chi connectivity index (χ0n) is 10.7. The summed E-state index contributed by atoms with van der Waals surface area (Å²) in [6.45, 7) is 3.66. The van der Waals surface area contributed by atoms with Crippen LogP contribution in [0.4, 0.5) is 4.39 Å². The maximum absolute atomic E-state index is 13.9. The molecule has 0 fully saturated rings. The van der Waals surface area contributed by atoms with Gasteiger partial charge in [0.15, 0.2) is 0 Å². The highest BCUT2D eigenvalue weighted by Gasteiger charge is 2.22. The van der Waals surface area contributed by atoms with Gasteiger partial charge in [-0.2, -0.15) is 0 Å². The Morgan fingerprint density at radius 2 is 2.44 bits per heavy atom. The fourth-order valence-corrected chi connectivity index (χ4v) is 2.10. The number of aromatic nitrogens is 1. The molecule has 0 bridgehead atoms. The molecule has 18 heavy (non-hydrogen) atoms. The zero-order chi connectivity index (χ0) is 12.8. The molecule has 0 aromatic carbocycles. The third-order valence-electron chi connectivity index (χ3n) is 2.99. The predicted octanol–water partition coefficient (Wildman–Crippen LogP) is 2.96. The lowest BCUT2D eigenvalue weighted by Gasteiger charge is -2.24. The molecule has 0 aliphatic carbocycles. The first-order valence-electron chi connectivity index (χ1n) is 6.47. The van der Waals surface area contributed by atoms with Crippen molar-refractivity contribution in [1.29, 1.82) is 0 Å². The third kappa shape index (κ3) is 3.07. The third-order valence-corrected chi connectivity index (χ3v) is 2.99. The minimum atomic E-state index is -0.266. The second-order valence-corrected chi connectivity index (χ2v) is 4.42. The molecule has 2 rings (SSSR count). The van der Waals surface area contributed by atoms with Gasteiger partial charge in [0.05, 0.1) is 24.6 Å². The molecule has 1 atom stereocenters. The van der Waals surface area contributed by atoms with E-state index in [-0.39, 0.29) is 11.9 Å². The molecule has 3 nitrogen and oxygen atoms in total. The van der Waals surface area contributed by atoms with Crippen molar-refractivity contribution in [2.45, 2.75) is 32.2 Å². The Morgan fingerprint density at radius 3 is 3.11 bits per heavy atom. The summed E-state index contributed by atoms with van der Waals surface area (Å²) < 4.78 is 19.2. The van der Waals surface area contributed by atoms with Crippen LogP contribution in [0.1, 0.15) is 37.9 Å². The molecule has 98 valence electrons. The highest BCUT2D eigenvalue weighted by atomic mass is 19.1. The van der Waals surface area contributed by atoms with E-state index >= 15 is 0 Å². The molecule has 1 N–H and O–H groups in total. The van der Waals surface area contributed by atoms with Gasteiger partial charge in [-0.05, 0) is 43.5 Å². The van der Waals surface area contributed by atoms with E-state index in [4.69, 9.17) is 4.74 Å². The minimum absolute atomic E-state index is 0.175. The molecule has 0 saturated heterocycles. The highest BCUT2D eigenvalue weighted by molar-refractivity contribution is 5.23. The molecule has 1 aromatic rings. The van der Waals surface area contributed by atoms with Crippen LogP contribution >= 0.6 is 0 Å². The molecule has 1 aromatic heterocycles. The van der Waals surface area contributed by atoms with Crippen LogP contribution in [0, 0.1) is 5.82 Å². The van der Waals surface area contributed by atoms with E-state index in [1.165, 1.54) is 6.07 Å². The Labute approximate surface area is 107 Å². The summed E-state index contributed by atoms with van der Waals surface area (Å²) >= 11 is 0. The SMILES string of the molecule is CCCNC(C1=COCCC1)c1ncccc1F. The Morgan fingerprint density at radius 1 is 1.56 bits per heavy atom.